The van der Waals surface area contributed by atoms with Gasteiger partial charge in [0.25, 0.3) is 5.91 Å². The minimum Gasteiger partial charge on any atom is -0.415 e. The Labute approximate surface area is 288 Å². The third-order valence-corrected chi connectivity index (χ3v) is 8.39. The number of rotatable bonds is 15. The van der Waals surface area contributed by atoms with Crippen LogP contribution in [0.4, 0.5) is 17.3 Å². The Morgan fingerprint density at radius 1 is 0.959 bits per heavy atom. The van der Waals surface area contributed by atoms with Crippen molar-refractivity contribution in [1.29, 1.82) is 0 Å². The summed E-state index contributed by atoms with van der Waals surface area (Å²) in [6.45, 7) is 9.63. The van der Waals surface area contributed by atoms with E-state index in [-0.39, 0.29) is 17.8 Å². The fourth-order valence-corrected chi connectivity index (χ4v) is 5.24. The first kappa shape index (κ1) is 34.9. The largest absolute Gasteiger partial charge is 0.415 e. The van der Waals surface area contributed by atoms with Gasteiger partial charge in [0.15, 0.2) is 0 Å². The molecular formula is C39H44N7O3+. The van der Waals surface area contributed by atoms with Crippen molar-refractivity contribution < 1.29 is 19.2 Å². The number of nitrogens with zero attached hydrogens (tertiary/aromatic N) is 4. The van der Waals surface area contributed by atoms with E-state index in [1.807, 2.05) is 112 Å². The number of benzene rings is 3. The highest BCUT2D eigenvalue weighted by Gasteiger charge is 2.18. The van der Waals surface area contributed by atoms with Crippen LogP contribution in [-0.2, 0) is 16.1 Å². The standard InChI is InChI=1S/C39H43N7O3/c1-5-46(23-22-45(4)27-49-38(48)29(3)31-10-7-6-8-11-31)26-30-14-16-32(17-15-30)37(47)42-34-18-13-28(2)36(24-34)44-39-41-21-19-35(43-39)33-12-9-20-40-25-33/h6-21,24-25,29H,5,22-23,26-27H2,1-4H3,(H,42,47)(H,41,43,44)/p+1. The van der Waals surface area contributed by atoms with E-state index >= 15 is 0 Å². The number of anilines is 3. The maximum Gasteiger partial charge on any atom is 0.317 e. The zero-order valence-corrected chi connectivity index (χ0v) is 28.5. The summed E-state index contributed by atoms with van der Waals surface area (Å²) in [6, 6.07) is 28.8. The lowest BCUT2D eigenvalue weighted by molar-refractivity contribution is -0.897. The Morgan fingerprint density at radius 3 is 2.49 bits per heavy atom. The van der Waals surface area contributed by atoms with Gasteiger partial charge in [0, 0.05) is 54.2 Å². The lowest BCUT2D eigenvalue weighted by atomic mass is 10.0. The summed E-state index contributed by atoms with van der Waals surface area (Å²) in [7, 11) is 2.03. The number of hydrogen-bond acceptors (Lipinski definition) is 8. The predicted molar refractivity (Wildman–Crippen MR) is 193 cm³/mol. The number of esters is 1. The van der Waals surface area contributed by atoms with Crippen molar-refractivity contribution in [3.05, 3.63) is 132 Å². The summed E-state index contributed by atoms with van der Waals surface area (Å²) in [4.78, 5) is 42.3. The molecule has 10 nitrogen and oxygen atoms in total. The number of amides is 1. The number of nitrogens with one attached hydrogen (secondary N) is 3. The highest BCUT2D eigenvalue weighted by atomic mass is 16.5. The molecule has 3 N–H and O–H groups in total. The number of hydrogen-bond donors (Lipinski definition) is 3. The molecule has 2 heterocycles. The molecule has 49 heavy (non-hydrogen) atoms. The zero-order valence-electron chi connectivity index (χ0n) is 28.5. The summed E-state index contributed by atoms with van der Waals surface area (Å²) < 4.78 is 5.60. The molecule has 10 heteroatoms. The molecule has 0 aliphatic heterocycles. The Kier molecular flexibility index (Phi) is 12.2. The molecule has 0 saturated heterocycles. The molecule has 2 aromatic heterocycles. The van der Waals surface area contributed by atoms with Crippen LogP contribution in [0, 0.1) is 6.92 Å². The van der Waals surface area contributed by atoms with Crippen LogP contribution in [-0.4, -0.2) is 65.1 Å². The number of aryl methyl sites for hydroxylation is 1. The van der Waals surface area contributed by atoms with Crippen molar-refractivity contribution in [2.45, 2.75) is 33.2 Å². The summed E-state index contributed by atoms with van der Waals surface area (Å²) in [5.74, 6) is -0.238. The molecule has 0 spiro atoms. The number of carbonyl (C=O) groups excluding carboxylic acids is 2. The molecule has 5 rings (SSSR count). The van der Waals surface area contributed by atoms with Gasteiger partial charge in [-0.2, -0.15) is 0 Å². The number of carbonyl (C=O) groups is 2. The summed E-state index contributed by atoms with van der Waals surface area (Å²) in [5.41, 5.74) is 6.76. The van der Waals surface area contributed by atoms with Crippen LogP contribution < -0.4 is 15.5 Å². The topological polar surface area (TPSA) is 114 Å². The van der Waals surface area contributed by atoms with Crippen LogP contribution in [0.25, 0.3) is 11.3 Å². The lowest BCUT2D eigenvalue weighted by Gasteiger charge is -2.23. The molecule has 2 atom stereocenters. The van der Waals surface area contributed by atoms with Crippen molar-refractivity contribution in [3.63, 3.8) is 0 Å². The number of pyridine rings is 1. The van der Waals surface area contributed by atoms with Crippen LogP contribution in [0.1, 0.15) is 46.8 Å². The Balaban J connectivity index is 1.10. The molecule has 0 bridgehead atoms. The molecule has 0 radical (unpaired) electrons. The molecule has 0 saturated carbocycles. The molecule has 5 aromatic rings. The van der Waals surface area contributed by atoms with E-state index in [4.69, 9.17) is 4.74 Å². The van der Waals surface area contributed by atoms with Crippen LogP contribution >= 0.6 is 0 Å². The highest BCUT2D eigenvalue weighted by Crippen LogP contribution is 2.25. The molecule has 3 aromatic carbocycles. The van der Waals surface area contributed by atoms with Gasteiger partial charge in [0.1, 0.15) is 0 Å². The smallest absolute Gasteiger partial charge is 0.317 e. The van der Waals surface area contributed by atoms with Crippen molar-refractivity contribution in [1.82, 2.24) is 19.9 Å². The van der Waals surface area contributed by atoms with E-state index in [0.717, 1.165) is 64.7 Å². The highest BCUT2D eigenvalue weighted by molar-refractivity contribution is 6.04. The van der Waals surface area contributed by atoms with Gasteiger partial charge < -0.3 is 20.3 Å². The molecule has 0 aliphatic rings. The number of quaternary nitrogens is 1. The van der Waals surface area contributed by atoms with Gasteiger partial charge in [0.2, 0.25) is 12.7 Å². The minimum atomic E-state index is -0.292. The second-order valence-electron chi connectivity index (χ2n) is 12.1. The number of likely N-dealkylation sites (N-methyl/N-ethyl adjacent to an activating group) is 2. The van der Waals surface area contributed by atoms with Gasteiger partial charge in [-0.25, -0.2) is 9.97 Å². The van der Waals surface area contributed by atoms with E-state index in [9.17, 15) is 9.59 Å². The molecule has 1 amide bonds. The van der Waals surface area contributed by atoms with E-state index in [2.05, 4.69) is 37.4 Å². The van der Waals surface area contributed by atoms with Crippen molar-refractivity contribution in [2.24, 2.45) is 0 Å². The fourth-order valence-electron chi connectivity index (χ4n) is 5.24. The maximum atomic E-state index is 13.2. The average molecular weight is 659 g/mol. The van der Waals surface area contributed by atoms with E-state index in [1.165, 1.54) is 0 Å². The second kappa shape index (κ2) is 17.1. The zero-order chi connectivity index (χ0) is 34.6. The average Bonchev–Trinajstić information content (AvgIpc) is 3.14. The van der Waals surface area contributed by atoms with Gasteiger partial charge in [-0.3, -0.25) is 19.5 Å². The van der Waals surface area contributed by atoms with Crippen molar-refractivity contribution in [2.75, 3.05) is 44.0 Å². The lowest BCUT2D eigenvalue weighted by Crippen LogP contribution is -3.10. The van der Waals surface area contributed by atoms with Gasteiger partial charge in [-0.05, 0) is 79.5 Å². The van der Waals surface area contributed by atoms with Crippen LogP contribution in [0.3, 0.4) is 0 Å². The normalized spacial score (nSPS) is 12.3. The molecule has 252 valence electrons. The summed E-state index contributed by atoms with van der Waals surface area (Å²) in [5, 5.41) is 6.30. The van der Waals surface area contributed by atoms with E-state index < -0.39 is 0 Å². The first-order valence-corrected chi connectivity index (χ1v) is 16.6. The van der Waals surface area contributed by atoms with E-state index in [1.54, 1.807) is 18.6 Å². The summed E-state index contributed by atoms with van der Waals surface area (Å²) in [6.07, 6.45) is 5.19. The fraction of sp³-hybridized carbons (Fsp3) is 0.256. The molecule has 0 aliphatic carbocycles. The van der Waals surface area contributed by atoms with Gasteiger partial charge in [-0.1, -0.05) is 55.5 Å². The Morgan fingerprint density at radius 2 is 1.76 bits per heavy atom. The third kappa shape index (κ3) is 10.0. The SMILES string of the molecule is CCN(CC[NH+](C)COC(=O)C(C)c1ccccc1)Cc1ccc(C(=O)Nc2ccc(C)c(Nc3nccc(-c4cccnc4)n3)c2)cc1. The first-order chi connectivity index (χ1) is 23.8. The number of aromatic nitrogens is 3. The monoisotopic (exact) mass is 658 g/mol. The molecular weight excluding hydrogens is 614 g/mol. The van der Waals surface area contributed by atoms with Crippen LogP contribution in [0.15, 0.2) is 110 Å². The second-order valence-corrected chi connectivity index (χ2v) is 12.1. The van der Waals surface area contributed by atoms with Gasteiger partial charge in [-0.15, -0.1) is 0 Å². The maximum absolute atomic E-state index is 13.2. The first-order valence-electron chi connectivity index (χ1n) is 16.6. The quantitative estimate of drug-likeness (QED) is 0.100. The van der Waals surface area contributed by atoms with E-state index in [0.29, 0.717) is 23.9 Å². The minimum absolute atomic E-state index is 0.190. The summed E-state index contributed by atoms with van der Waals surface area (Å²) >= 11 is 0. The van der Waals surface area contributed by atoms with Gasteiger partial charge in [0.05, 0.1) is 25.2 Å². The van der Waals surface area contributed by atoms with Gasteiger partial charge >= 0.3 is 5.97 Å². The van der Waals surface area contributed by atoms with Crippen LogP contribution in [0.5, 0.6) is 0 Å². The molecule has 2 unspecified atom stereocenters. The van der Waals surface area contributed by atoms with Crippen molar-refractivity contribution >= 4 is 29.2 Å². The Bertz CT molecular complexity index is 1820. The third-order valence-electron chi connectivity index (χ3n) is 8.39. The molecule has 0 fully saturated rings. The van der Waals surface area contributed by atoms with Crippen LogP contribution in [0.2, 0.25) is 0 Å². The predicted octanol–water partition coefficient (Wildman–Crippen LogP) is 5.48. The van der Waals surface area contributed by atoms with Crippen molar-refractivity contribution in [3.8, 4) is 11.3 Å². The Hall–Kier alpha value is -5.45. The number of ether oxygens (including phenoxy) is 1.